The lowest BCUT2D eigenvalue weighted by molar-refractivity contribution is -0.148. The molecule has 2 fully saturated rings. The molecule has 2 aliphatic rings. The van der Waals surface area contributed by atoms with Crippen molar-refractivity contribution in [3.63, 3.8) is 0 Å². The van der Waals surface area contributed by atoms with Crippen LogP contribution >= 0.6 is 0 Å². The third kappa shape index (κ3) is 3.67. The summed E-state index contributed by atoms with van der Waals surface area (Å²) in [5, 5.41) is 3.64. The maximum Gasteiger partial charge on any atom is 0.170 e. The summed E-state index contributed by atoms with van der Waals surface area (Å²) < 4.78 is 11.3. The highest BCUT2D eigenvalue weighted by Crippen LogP contribution is 2.25. The smallest absolute Gasteiger partial charge is 0.170 e. The van der Waals surface area contributed by atoms with E-state index in [-0.39, 0.29) is 6.29 Å². The Morgan fingerprint density at radius 1 is 1.17 bits per heavy atom. The highest BCUT2D eigenvalue weighted by atomic mass is 16.7. The molecule has 4 nitrogen and oxygen atoms in total. The lowest BCUT2D eigenvalue weighted by atomic mass is 10.0. The Morgan fingerprint density at radius 2 is 1.94 bits per heavy atom. The molecule has 2 aliphatic heterocycles. The second-order valence-corrected chi connectivity index (χ2v) is 5.25. The molecule has 2 heterocycles. The molecule has 0 radical (unpaired) electrons. The van der Waals surface area contributed by atoms with Crippen LogP contribution in [0.2, 0.25) is 0 Å². The molecule has 0 aromatic heterocycles. The molecule has 18 heavy (non-hydrogen) atoms. The van der Waals surface area contributed by atoms with Crippen LogP contribution in [0.4, 0.5) is 0 Å². The Labute approximate surface area is 111 Å². The number of likely N-dealkylation sites (tertiary alicyclic amines) is 1. The Morgan fingerprint density at radius 3 is 2.56 bits per heavy atom. The van der Waals surface area contributed by atoms with Crippen molar-refractivity contribution in [2.75, 3.05) is 32.8 Å². The molecule has 0 aromatic rings. The van der Waals surface area contributed by atoms with Crippen molar-refractivity contribution >= 4 is 0 Å². The van der Waals surface area contributed by atoms with Gasteiger partial charge in [-0.05, 0) is 52.6 Å². The number of nitrogens with zero attached hydrogens (tertiary/aromatic N) is 1. The van der Waals surface area contributed by atoms with E-state index in [0.29, 0.717) is 12.1 Å². The van der Waals surface area contributed by atoms with E-state index >= 15 is 0 Å². The van der Waals surface area contributed by atoms with Gasteiger partial charge in [0.25, 0.3) is 0 Å². The predicted molar refractivity (Wildman–Crippen MR) is 72.7 cm³/mol. The van der Waals surface area contributed by atoms with Crippen molar-refractivity contribution in [3.05, 3.63) is 0 Å². The standard InChI is InChI=1S/C14H28N2O2/c1-3-17-14(18-4-2)11-16-10-6-8-13(16)12-7-5-9-15-12/h12-15H,3-11H2,1-2H3. The van der Waals surface area contributed by atoms with Gasteiger partial charge in [0.1, 0.15) is 0 Å². The van der Waals surface area contributed by atoms with Crippen LogP contribution in [-0.4, -0.2) is 56.1 Å². The molecule has 2 atom stereocenters. The number of ether oxygens (including phenoxy) is 2. The van der Waals surface area contributed by atoms with Crippen molar-refractivity contribution in [2.45, 2.75) is 57.9 Å². The van der Waals surface area contributed by atoms with Gasteiger partial charge in [0.2, 0.25) is 0 Å². The topological polar surface area (TPSA) is 33.7 Å². The molecule has 0 spiro atoms. The van der Waals surface area contributed by atoms with Gasteiger partial charge < -0.3 is 14.8 Å². The Bertz CT molecular complexity index is 226. The van der Waals surface area contributed by atoms with Crippen LogP contribution in [0.3, 0.4) is 0 Å². The average Bonchev–Trinajstić information content (AvgIpc) is 2.99. The molecular formula is C14H28N2O2. The molecule has 0 aliphatic carbocycles. The fraction of sp³-hybridized carbons (Fsp3) is 1.00. The van der Waals surface area contributed by atoms with E-state index in [1.165, 1.54) is 38.8 Å². The maximum absolute atomic E-state index is 5.67. The van der Waals surface area contributed by atoms with E-state index in [9.17, 15) is 0 Å². The number of hydrogen-bond donors (Lipinski definition) is 1. The first kappa shape index (κ1) is 14.3. The monoisotopic (exact) mass is 256 g/mol. The fourth-order valence-corrected chi connectivity index (χ4v) is 3.29. The average molecular weight is 256 g/mol. The van der Waals surface area contributed by atoms with E-state index in [1.807, 2.05) is 13.8 Å². The maximum atomic E-state index is 5.67. The summed E-state index contributed by atoms with van der Waals surface area (Å²) in [7, 11) is 0. The summed E-state index contributed by atoms with van der Waals surface area (Å²) in [5.41, 5.74) is 0. The Kier molecular flexibility index (Phi) is 5.89. The van der Waals surface area contributed by atoms with Crippen LogP contribution in [0, 0.1) is 0 Å². The van der Waals surface area contributed by atoms with Gasteiger partial charge >= 0.3 is 0 Å². The minimum absolute atomic E-state index is 0.0537. The van der Waals surface area contributed by atoms with Gasteiger partial charge in [0.05, 0.1) is 0 Å². The largest absolute Gasteiger partial charge is 0.352 e. The van der Waals surface area contributed by atoms with E-state index in [4.69, 9.17) is 9.47 Å². The zero-order valence-electron chi connectivity index (χ0n) is 11.9. The number of nitrogens with one attached hydrogen (secondary N) is 1. The molecule has 4 heteroatoms. The first-order valence-corrected chi connectivity index (χ1v) is 7.55. The summed E-state index contributed by atoms with van der Waals surface area (Å²) >= 11 is 0. The lowest BCUT2D eigenvalue weighted by Gasteiger charge is -2.32. The summed E-state index contributed by atoms with van der Waals surface area (Å²) in [6.45, 7) is 8.83. The number of hydrogen-bond acceptors (Lipinski definition) is 4. The normalized spacial score (nSPS) is 29.5. The molecule has 2 rings (SSSR count). The van der Waals surface area contributed by atoms with E-state index in [0.717, 1.165) is 19.8 Å². The quantitative estimate of drug-likeness (QED) is 0.702. The first-order chi connectivity index (χ1) is 8.85. The molecule has 1 N–H and O–H groups in total. The van der Waals surface area contributed by atoms with Crippen LogP contribution in [0.1, 0.15) is 39.5 Å². The van der Waals surface area contributed by atoms with E-state index in [2.05, 4.69) is 10.2 Å². The summed E-state index contributed by atoms with van der Waals surface area (Å²) in [4.78, 5) is 2.57. The van der Waals surface area contributed by atoms with Crippen LogP contribution in [0.15, 0.2) is 0 Å². The summed E-state index contributed by atoms with van der Waals surface area (Å²) in [6.07, 6.45) is 5.24. The van der Waals surface area contributed by atoms with Crippen molar-refractivity contribution in [3.8, 4) is 0 Å². The highest BCUT2D eigenvalue weighted by molar-refractivity contribution is 4.92. The molecule has 106 valence electrons. The molecule has 0 bridgehead atoms. The SMILES string of the molecule is CCOC(CN1CCCC1C1CCCN1)OCC. The lowest BCUT2D eigenvalue weighted by Crippen LogP contribution is -2.47. The fourth-order valence-electron chi connectivity index (χ4n) is 3.29. The second-order valence-electron chi connectivity index (χ2n) is 5.25. The van der Waals surface area contributed by atoms with Crippen molar-refractivity contribution < 1.29 is 9.47 Å². The van der Waals surface area contributed by atoms with Gasteiger partial charge in [0, 0.05) is 31.8 Å². The third-order valence-electron chi connectivity index (χ3n) is 4.07. The summed E-state index contributed by atoms with van der Waals surface area (Å²) in [5.74, 6) is 0. The minimum Gasteiger partial charge on any atom is -0.352 e. The predicted octanol–water partition coefficient (Wildman–Crippen LogP) is 1.60. The van der Waals surface area contributed by atoms with Gasteiger partial charge in [-0.15, -0.1) is 0 Å². The molecule has 0 aromatic carbocycles. The molecular weight excluding hydrogens is 228 g/mol. The van der Waals surface area contributed by atoms with E-state index < -0.39 is 0 Å². The van der Waals surface area contributed by atoms with Crippen molar-refractivity contribution in [2.24, 2.45) is 0 Å². The van der Waals surface area contributed by atoms with Crippen LogP contribution < -0.4 is 5.32 Å². The van der Waals surface area contributed by atoms with Crippen LogP contribution in [0.5, 0.6) is 0 Å². The zero-order valence-corrected chi connectivity index (χ0v) is 11.9. The second kappa shape index (κ2) is 7.43. The van der Waals surface area contributed by atoms with E-state index in [1.54, 1.807) is 0 Å². The zero-order chi connectivity index (χ0) is 12.8. The van der Waals surface area contributed by atoms with Gasteiger partial charge in [-0.2, -0.15) is 0 Å². The van der Waals surface area contributed by atoms with Gasteiger partial charge in [-0.25, -0.2) is 0 Å². The number of rotatable bonds is 7. The van der Waals surface area contributed by atoms with Crippen LogP contribution in [-0.2, 0) is 9.47 Å². The first-order valence-electron chi connectivity index (χ1n) is 7.55. The molecule has 2 saturated heterocycles. The van der Waals surface area contributed by atoms with Gasteiger partial charge in [0.15, 0.2) is 6.29 Å². The van der Waals surface area contributed by atoms with Crippen LogP contribution in [0.25, 0.3) is 0 Å². The van der Waals surface area contributed by atoms with Gasteiger partial charge in [-0.3, -0.25) is 4.90 Å². The molecule has 0 saturated carbocycles. The summed E-state index contributed by atoms with van der Waals surface area (Å²) in [6, 6.07) is 1.38. The molecule has 0 amide bonds. The van der Waals surface area contributed by atoms with Crippen molar-refractivity contribution in [1.82, 2.24) is 10.2 Å². The minimum atomic E-state index is -0.0537. The highest BCUT2D eigenvalue weighted by Gasteiger charge is 2.34. The third-order valence-corrected chi connectivity index (χ3v) is 4.07. The van der Waals surface area contributed by atoms with Crippen molar-refractivity contribution in [1.29, 1.82) is 0 Å². The Balaban J connectivity index is 1.85. The molecule has 2 unspecified atom stereocenters. The van der Waals surface area contributed by atoms with Gasteiger partial charge in [-0.1, -0.05) is 0 Å². The Hall–Kier alpha value is -0.160.